The third-order valence-corrected chi connectivity index (χ3v) is 6.70. The molecule has 192 valence electrons. The highest BCUT2D eigenvalue weighted by Gasteiger charge is 2.24. The van der Waals surface area contributed by atoms with Gasteiger partial charge in [-0.2, -0.15) is 0 Å². The van der Waals surface area contributed by atoms with Crippen LogP contribution in [-0.2, 0) is 29.5 Å². The van der Waals surface area contributed by atoms with Crippen LogP contribution in [0.2, 0.25) is 0 Å². The van der Waals surface area contributed by atoms with Crippen LogP contribution in [0.4, 0.5) is 5.69 Å². The van der Waals surface area contributed by atoms with Gasteiger partial charge in [0.2, 0.25) is 5.91 Å². The number of amides is 2. The number of aryl methyl sites for hydroxylation is 3. The number of quaternary nitrogens is 1. The first-order chi connectivity index (χ1) is 17.3. The zero-order valence-electron chi connectivity index (χ0n) is 21.9. The zero-order chi connectivity index (χ0) is 26.1. The summed E-state index contributed by atoms with van der Waals surface area (Å²) in [7, 11) is 3.39. The predicted molar refractivity (Wildman–Crippen MR) is 146 cm³/mol. The molecule has 0 saturated heterocycles. The van der Waals surface area contributed by atoms with Gasteiger partial charge in [-0.25, -0.2) is 10.0 Å². The van der Waals surface area contributed by atoms with Crippen molar-refractivity contribution in [2.24, 2.45) is 7.05 Å². The molecule has 7 heteroatoms. The average Bonchev–Trinajstić information content (AvgIpc) is 3.13. The van der Waals surface area contributed by atoms with E-state index in [1.54, 1.807) is 18.3 Å². The highest BCUT2D eigenvalue weighted by Crippen LogP contribution is 2.32. The SMILES string of the molecule is CCCCCc1c(/C=C/C(=O)NC(C)CCCc2cccnc2)n(C)c2cc([N@@+](C)(O)C=O)ccc12. The molecule has 0 aliphatic heterocycles. The van der Waals surface area contributed by atoms with Crippen LogP contribution in [0.5, 0.6) is 0 Å². The summed E-state index contributed by atoms with van der Waals surface area (Å²) in [5.74, 6) is -0.116. The fourth-order valence-electron chi connectivity index (χ4n) is 4.57. The number of fused-ring (bicyclic) bond motifs is 1. The number of rotatable bonds is 13. The number of unbranched alkanes of at least 4 members (excludes halogenated alkanes) is 2. The molecule has 0 spiro atoms. The van der Waals surface area contributed by atoms with Gasteiger partial charge in [-0.3, -0.25) is 9.78 Å². The van der Waals surface area contributed by atoms with Crippen molar-refractivity contribution in [3.05, 3.63) is 65.6 Å². The second kappa shape index (κ2) is 12.6. The Morgan fingerprint density at radius 3 is 2.72 bits per heavy atom. The molecule has 3 rings (SSSR count). The van der Waals surface area contributed by atoms with Crippen molar-refractivity contribution < 1.29 is 14.8 Å². The lowest BCUT2D eigenvalue weighted by Crippen LogP contribution is -2.39. The van der Waals surface area contributed by atoms with Crippen molar-refractivity contribution in [2.75, 3.05) is 7.05 Å². The van der Waals surface area contributed by atoms with Crippen molar-refractivity contribution >= 4 is 35.0 Å². The number of carbonyl (C=O) groups is 2. The van der Waals surface area contributed by atoms with Gasteiger partial charge in [0, 0.05) is 54.8 Å². The van der Waals surface area contributed by atoms with Gasteiger partial charge in [0.25, 0.3) is 0 Å². The number of aromatic nitrogens is 2. The molecule has 2 N–H and O–H groups in total. The molecule has 0 aliphatic rings. The summed E-state index contributed by atoms with van der Waals surface area (Å²) >= 11 is 0. The lowest BCUT2D eigenvalue weighted by Gasteiger charge is -2.16. The molecular formula is C29H39N4O3+. The van der Waals surface area contributed by atoms with Gasteiger partial charge in [0.05, 0.1) is 5.52 Å². The minimum atomic E-state index is -0.835. The number of hydrogen-bond donors (Lipinski definition) is 2. The Hall–Kier alpha value is -3.29. The number of hydrogen-bond acceptors (Lipinski definition) is 4. The summed E-state index contributed by atoms with van der Waals surface area (Å²) in [6.45, 7) is 4.21. The Morgan fingerprint density at radius 2 is 2.03 bits per heavy atom. The van der Waals surface area contributed by atoms with E-state index in [0.29, 0.717) is 12.1 Å². The number of benzene rings is 1. The standard InChI is InChI=1S/C29H38N4O3/c1-5-6-7-13-25-26-15-14-24(33(4,36)21-34)19-28(26)32(3)27(25)16-17-29(35)31-22(2)10-8-11-23-12-9-18-30-20-23/h9,12,14-22,36H,5-8,10-11,13H2,1-4H3/p+1/b17-16+/t22?,33-/m0/s1. The monoisotopic (exact) mass is 491 g/mol. The van der Waals surface area contributed by atoms with Crippen LogP contribution >= 0.6 is 0 Å². The maximum atomic E-state index is 12.7. The van der Waals surface area contributed by atoms with E-state index < -0.39 is 4.65 Å². The summed E-state index contributed by atoms with van der Waals surface area (Å²) in [6, 6.07) is 9.68. The maximum Gasteiger partial charge on any atom is 0.338 e. The van der Waals surface area contributed by atoms with E-state index in [2.05, 4.69) is 23.3 Å². The largest absolute Gasteiger partial charge is 0.350 e. The first-order valence-electron chi connectivity index (χ1n) is 12.8. The average molecular weight is 492 g/mol. The third kappa shape index (κ3) is 6.89. The Balaban J connectivity index is 1.75. The Morgan fingerprint density at radius 1 is 1.22 bits per heavy atom. The highest BCUT2D eigenvalue weighted by molar-refractivity contribution is 5.95. The minimum Gasteiger partial charge on any atom is -0.350 e. The second-order valence-electron chi connectivity index (χ2n) is 9.71. The van der Waals surface area contributed by atoms with Crippen LogP contribution in [0.15, 0.2) is 48.8 Å². The molecule has 36 heavy (non-hydrogen) atoms. The molecule has 0 aliphatic carbocycles. The molecular weight excluding hydrogens is 452 g/mol. The molecule has 3 aromatic rings. The molecule has 0 bridgehead atoms. The van der Waals surface area contributed by atoms with Crippen LogP contribution in [-0.4, -0.2) is 40.2 Å². The molecule has 2 aromatic heterocycles. The maximum absolute atomic E-state index is 12.7. The topological polar surface area (TPSA) is 84.2 Å². The van der Waals surface area contributed by atoms with Gasteiger partial charge in [0.1, 0.15) is 7.05 Å². The van der Waals surface area contributed by atoms with Gasteiger partial charge in [-0.15, -0.1) is 0 Å². The van der Waals surface area contributed by atoms with Crippen LogP contribution in [0.3, 0.4) is 0 Å². The second-order valence-corrected chi connectivity index (χ2v) is 9.71. The minimum absolute atomic E-state index is 0.0706. The van der Waals surface area contributed by atoms with E-state index in [-0.39, 0.29) is 11.9 Å². The van der Waals surface area contributed by atoms with Gasteiger partial charge in [-0.1, -0.05) is 30.5 Å². The van der Waals surface area contributed by atoms with Crippen LogP contribution in [0.25, 0.3) is 17.0 Å². The van der Waals surface area contributed by atoms with E-state index in [1.807, 2.05) is 49.0 Å². The molecule has 1 aromatic carbocycles. The van der Waals surface area contributed by atoms with Crippen molar-refractivity contribution in [2.45, 2.75) is 64.8 Å². The third-order valence-electron chi connectivity index (χ3n) is 6.70. The van der Waals surface area contributed by atoms with Crippen LogP contribution in [0, 0.1) is 0 Å². The molecule has 1 unspecified atom stereocenters. The summed E-state index contributed by atoms with van der Waals surface area (Å²) < 4.78 is 1.20. The Kier molecular flexibility index (Phi) is 9.56. The number of carbonyl (C=O) groups excluding carboxylic acids is 2. The quantitative estimate of drug-likeness (QED) is 0.0845. The number of hydroxylamine groups is 2. The van der Waals surface area contributed by atoms with Gasteiger partial charge >= 0.3 is 6.41 Å². The molecule has 2 amide bonds. The first-order valence-corrected chi connectivity index (χ1v) is 12.8. The summed E-state index contributed by atoms with van der Waals surface area (Å²) in [4.78, 5) is 28.2. The van der Waals surface area contributed by atoms with E-state index >= 15 is 0 Å². The smallest absolute Gasteiger partial charge is 0.338 e. The summed E-state index contributed by atoms with van der Waals surface area (Å²) in [5, 5.41) is 14.5. The number of nitrogens with one attached hydrogen (secondary N) is 1. The lowest BCUT2D eigenvalue weighted by atomic mass is 10.0. The van der Waals surface area contributed by atoms with Crippen LogP contribution in [0.1, 0.15) is 62.8 Å². The van der Waals surface area contributed by atoms with E-state index in [9.17, 15) is 14.8 Å². The lowest BCUT2D eigenvalue weighted by molar-refractivity contribution is -0.141. The van der Waals surface area contributed by atoms with Crippen molar-refractivity contribution in [1.82, 2.24) is 19.5 Å². The van der Waals surface area contributed by atoms with E-state index in [0.717, 1.165) is 61.5 Å². The molecule has 2 heterocycles. The summed E-state index contributed by atoms with van der Waals surface area (Å²) in [5.41, 5.74) is 4.77. The zero-order valence-corrected chi connectivity index (χ0v) is 21.9. The van der Waals surface area contributed by atoms with E-state index in [1.165, 1.54) is 18.2 Å². The number of nitrogens with zero attached hydrogens (tertiary/aromatic N) is 3. The van der Waals surface area contributed by atoms with Crippen LogP contribution < -0.4 is 9.96 Å². The Labute approximate surface area is 214 Å². The molecule has 2 atom stereocenters. The van der Waals surface area contributed by atoms with Gasteiger partial charge in [0.15, 0.2) is 5.69 Å². The van der Waals surface area contributed by atoms with Crippen molar-refractivity contribution in [1.29, 1.82) is 0 Å². The fraction of sp³-hybridized carbons (Fsp3) is 0.414. The van der Waals surface area contributed by atoms with Gasteiger partial charge in [-0.05, 0) is 68.4 Å². The first kappa shape index (κ1) is 27.3. The molecule has 7 nitrogen and oxygen atoms in total. The number of pyridine rings is 1. The fourth-order valence-corrected chi connectivity index (χ4v) is 4.57. The normalized spacial score (nSPS) is 14.1. The highest BCUT2D eigenvalue weighted by atomic mass is 16.6. The van der Waals surface area contributed by atoms with Crippen molar-refractivity contribution in [3.63, 3.8) is 0 Å². The van der Waals surface area contributed by atoms with Crippen molar-refractivity contribution in [3.8, 4) is 0 Å². The molecule has 0 radical (unpaired) electrons. The van der Waals surface area contributed by atoms with E-state index in [4.69, 9.17) is 0 Å². The summed E-state index contributed by atoms with van der Waals surface area (Å²) in [6.07, 6.45) is 14.7. The molecule has 0 fully saturated rings. The predicted octanol–water partition coefficient (Wildman–Crippen LogP) is 5.33. The molecule has 0 saturated carbocycles. The van der Waals surface area contributed by atoms with Gasteiger partial charge < -0.3 is 9.88 Å². The Bertz CT molecular complexity index is 1200.